The maximum atomic E-state index is 10.9. The zero-order valence-corrected chi connectivity index (χ0v) is 10.7. The van der Waals surface area contributed by atoms with Crippen molar-refractivity contribution in [3.05, 3.63) is 41.2 Å². The van der Waals surface area contributed by atoms with Crippen molar-refractivity contribution in [2.75, 3.05) is 12.4 Å². The molecule has 0 atom stereocenters. The van der Waals surface area contributed by atoms with Crippen LogP contribution in [0, 0.1) is 0 Å². The standard InChI is InChI=1S/C12H10ClN3O3/c1-19-11-3-2-8(6-14-11)15-10-5-7(12(17)18)4-9(13)16-10/h2-6H,1H3,(H,15,16)(H,17,18). The number of methoxy groups -OCH3 is 1. The number of halogens is 1. The molecule has 0 saturated heterocycles. The molecule has 0 aliphatic rings. The highest BCUT2D eigenvalue weighted by Crippen LogP contribution is 2.19. The van der Waals surface area contributed by atoms with Crippen LogP contribution in [-0.2, 0) is 0 Å². The van der Waals surface area contributed by atoms with Crippen molar-refractivity contribution in [1.82, 2.24) is 9.97 Å². The average Bonchev–Trinajstić information content (AvgIpc) is 2.39. The quantitative estimate of drug-likeness (QED) is 0.837. The number of rotatable bonds is 4. The highest BCUT2D eigenvalue weighted by Gasteiger charge is 2.08. The van der Waals surface area contributed by atoms with Crippen LogP contribution in [0.4, 0.5) is 11.5 Å². The molecule has 0 amide bonds. The smallest absolute Gasteiger partial charge is 0.335 e. The lowest BCUT2D eigenvalue weighted by Gasteiger charge is -2.07. The molecular formula is C12H10ClN3O3. The van der Waals surface area contributed by atoms with E-state index >= 15 is 0 Å². The van der Waals surface area contributed by atoms with Gasteiger partial charge >= 0.3 is 5.97 Å². The number of ether oxygens (including phenoxy) is 1. The Labute approximate surface area is 114 Å². The molecule has 0 spiro atoms. The highest BCUT2D eigenvalue weighted by atomic mass is 35.5. The summed E-state index contributed by atoms with van der Waals surface area (Å²) in [4.78, 5) is 18.9. The topological polar surface area (TPSA) is 84.3 Å². The van der Waals surface area contributed by atoms with E-state index in [1.54, 1.807) is 18.3 Å². The van der Waals surface area contributed by atoms with E-state index in [-0.39, 0.29) is 10.7 Å². The van der Waals surface area contributed by atoms with Gasteiger partial charge in [-0.2, -0.15) is 0 Å². The van der Waals surface area contributed by atoms with E-state index in [1.807, 2.05) is 0 Å². The molecule has 2 rings (SSSR count). The van der Waals surface area contributed by atoms with Crippen molar-refractivity contribution in [2.24, 2.45) is 0 Å². The number of pyridine rings is 2. The van der Waals surface area contributed by atoms with E-state index in [1.165, 1.54) is 19.2 Å². The maximum Gasteiger partial charge on any atom is 0.335 e. The van der Waals surface area contributed by atoms with Gasteiger partial charge in [-0.3, -0.25) is 0 Å². The summed E-state index contributed by atoms with van der Waals surface area (Å²) in [5.74, 6) is -0.257. The summed E-state index contributed by atoms with van der Waals surface area (Å²) in [6.45, 7) is 0. The number of carbonyl (C=O) groups is 1. The van der Waals surface area contributed by atoms with Gasteiger partial charge in [0.15, 0.2) is 0 Å². The molecule has 7 heteroatoms. The van der Waals surface area contributed by atoms with Gasteiger partial charge in [0.05, 0.1) is 24.6 Å². The van der Waals surface area contributed by atoms with Crippen LogP contribution in [0.5, 0.6) is 5.88 Å². The normalized spacial score (nSPS) is 10.0. The van der Waals surface area contributed by atoms with Crippen LogP contribution in [0.3, 0.4) is 0 Å². The first kappa shape index (κ1) is 13.1. The summed E-state index contributed by atoms with van der Waals surface area (Å²) in [6, 6.07) is 6.07. The number of hydrogen-bond donors (Lipinski definition) is 2. The van der Waals surface area contributed by atoms with Crippen molar-refractivity contribution in [3.8, 4) is 5.88 Å². The third-order valence-corrected chi connectivity index (χ3v) is 2.45. The Morgan fingerprint density at radius 2 is 2.21 bits per heavy atom. The monoisotopic (exact) mass is 279 g/mol. The van der Waals surface area contributed by atoms with E-state index in [0.717, 1.165) is 0 Å². The lowest BCUT2D eigenvalue weighted by molar-refractivity contribution is 0.0697. The lowest BCUT2D eigenvalue weighted by Crippen LogP contribution is -2.01. The molecule has 0 aliphatic heterocycles. The molecule has 2 N–H and O–H groups in total. The zero-order valence-electron chi connectivity index (χ0n) is 9.92. The molecule has 0 aromatic carbocycles. The summed E-state index contributed by atoms with van der Waals surface area (Å²) in [6.07, 6.45) is 1.54. The van der Waals surface area contributed by atoms with E-state index in [9.17, 15) is 4.79 Å². The number of nitrogens with one attached hydrogen (secondary N) is 1. The van der Waals surface area contributed by atoms with Crippen LogP contribution >= 0.6 is 11.6 Å². The van der Waals surface area contributed by atoms with Gasteiger partial charge in [-0.15, -0.1) is 0 Å². The first-order valence-corrected chi connectivity index (χ1v) is 5.64. The Morgan fingerprint density at radius 3 is 2.79 bits per heavy atom. The van der Waals surface area contributed by atoms with E-state index in [4.69, 9.17) is 21.4 Å². The third-order valence-electron chi connectivity index (χ3n) is 2.26. The molecule has 0 aliphatic carbocycles. The van der Waals surface area contributed by atoms with E-state index in [2.05, 4.69) is 15.3 Å². The SMILES string of the molecule is COc1ccc(Nc2cc(C(=O)O)cc(Cl)n2)cn1. The fourth-order valence-corrected chi connectivity index (χ4v) is 1.62. The van der Waals surface area contributed by atoms with Gasteiger partial charge in [0.25, 0.3) is 0 Å². The Kier molecular flexibility index (Phi) is 3.82. The number of nitrogens with zero attached hydrogens (tertiary/aromatic N) is 2. The Balaban J connectivity index is 2.24. The molecule has 2 aromatic heterocycles. The Morgan fingerprint density at radius 1 is 1.42 bits per heavy atom. The summed E-state index contributed by atoms with van der Waals surface area (Å²) >= 11 is 5.76. The highest BCUT2D eigenvalue weighted by molar-refractivity contribution is 6.29. The summed E-state index contributed by atoms with van der Waals surface area (Å²) in [5.41, 5.74) is 0.705. The molecule has 0 saturated carbocycles. The van der Waals surface area contributed by atoms with Crippen LogP contribution < -0.4 is 10.1 Å². The molecule has 2 heterocycles. The minimum Gasteiger partial charge on any atom is -0.481 e. The molecule has 19 heavy (non-hydrogen) atoms. The fraction of sp³-hybridized carbons (Fsp3) is 0.0833. The van der Waals surface area contributed by atoms with E-state index in [0.29, 0.717) is 17.4 Å². The lowest BCUT2D eigenvalue weighted by atomic mass is 10.2. The average molecular weight is 280 g/mol. The van der Waals surface area contributed by atoms with Crippen LogP contribution in [0.25, 0.3) is 0 Å². The summed E-state index contributed by atoms with van der Waals surface area (Å²) < 4.78 is 4.94. The van der Waals surface area contributed by atoms with Crippen molar-refractivity contribution >= 4 is 29.1 Å². The number of aromatic nitrogens is 2. The zero-order chi connectivity index (χ0) is 13.8. The molecule has 0 fully saturated rings. The van der Waals surface area contributed by atoms with Crippen molar-refractivity contribution < 1.29 is 14.6 Å². The molecule has 6 nitrogen and oxygen atoms in total. The van der Waals surface area contributed by atoms with Crippen LogP contribution in [0.15, 0.2) is 30.5 Å². The van der Waals surface area contributed by atoms with Gasteiger partial charge in [-0.1, -0.05) is 11.6 Å². The minimum atomic E-state index is -1.07. The Bertz CT molecular complexity index is 602. The van der Waals surface area contributed by atoms with Crippen LogP contribution in [-0.4, -0.2) is 28.2 Å². The minimum absolute atomic E-state index is 0.0592. The van der Waals surface area contributed by atoms with Crippen molar-refractivity contribution in [1.29, 1.82) is 0 Å². The van der Waals surface area contributed by atoms with Crippen LogP contribution in [0.2, 0.25) is 5.15 Å². The molecule has 0 unspecified atom stereocenters. The number of carboxylic acid groups (broad SMARTS) is 1. The second-order valence-corrected chi connectivity index (χ2v) is 3.97. The number of hydrogen-bond acceptors (Lipinski definition) is 5. The maximum absolute atomic E-state index is 10.9. The Hall–Kier alpha value is -2.34. The molecular weight excluding hydrogens is 270 g/mol. The summed E-state index contributed by atoms with van der Waals surface area (Å²) in [7, 11) is 1.52. The van der Waals surface area contributed by atoms with Gasteiger partial charge in [0, 0.05) is 6.07 Å². The number of anilines is 2. The first-order chi connectivity index (χ1) is 9.08. The number of carboxylic acids is 1. The predicted molar refractivity (Wildman–Crippen MR) is 70.3 cm³/mol. The summed E-state index contributed by atoms with van der Waals surface area (Å²) in [5, 5.41) is 11.9. The fourth-order valence-electron chi connectivity index (χ4n) is 1.41. The van der Waals surface area contributed by atoms with Crippen LogP contribution in [0.1, 0.15) is 10.4 Å². The van der Waals surface area contributed by atoms with E-state index < -0.39 is 5.97 Å². The van der Waals surface area contributed by atoms with Gasteiger partial charge in [-0.05, 0) is 18.2 Å². The molecule has 0 bridgehead atoms. The number of aromatic carboxylic acids is 1. The van der Waals surface area contributed by atoms with Gasteiger partial charge in [0.1, 0.15) is 11.0 Å². The molecule has 98 valence electrons. The van der Waals surface area contributed by atoms with Crippen molar-refractivity contribution in [3.63, 3.8) is 0 Å². The second kappa shape index (κ2) is 5.53. The van der Waals surface area contributed by atoms with Crippen molar-refractivity contribution in [2.45, 2.75) is 0 Å². The van der Waals surface area contributed by atoms with Gasteiger partial charge in [-0.25, -0.2) is 14.8 Å². The second-order valence-electron chi connectivity index (χ2n) is 3.58. The third kappa shape index (κ3) is 3.32. The molecule has 0 radical (unpaired) electrons. The largest absolute Gasteiger partial charge is 0.481 e. The predicted octanol–water partition coefficient (Wildman–Crippen LogP) is 2.58. The molecule has 2 aromatic rings. The van der Waals surface area contributed by atoms with Gasteiger partial charge in [0.2, 0.25) is 5.88 Å². The first-order valence-electron chi connectivity index (χ1n) is 5.26. The van der Waals surface area contributed by atoms with Gasteiger partial charge < -0.3 is 15.2 Å².